The Morgan fingerprint density at radius 3 is 2.44 bits per heavy atom. The molecule has 1 unspecified atom stereocenters. The first kappa shape index (κ1) is 13.7. The maximum atomic E-state index is 12.4. The Labute approximate surface area is 112 Å². The average molecular weight is 272 g/mol. The van der Waals surface area contributed by atoms with Gasteiger partial charge in [-0.25, -0.2) is 0 Å². The fourth-order valence-electron chi connectivity index (χ4n) is 2.58. The van der Waals surface area contributed by atoms with Crippen molar-refractivity contribution >= 4 is 23.6 Å². The number of nitrogens with zero attached hydrogens (tertiary/aromatic N) is 2. The standard InChI is InChI=1S/C12H20N2O3S/c1-12(3-2-8-18-12)11(17)14-6-4-13(5-7-14)9-10(15)16/h2-9H2,1H3,(H,15,16). The van der Waals surface area contributed by atoms with Gasteiger partial charge in [-0.05, 0) is 25.5 Å². The molecular formula is C12H20N2O3S. The highest BCUT2D eigenvalue weighted by atomic mass is 32.2. The van der Waals surface area contributed by atoms with Crippen LogP contribution in [0.2, 0.25) is 0 Å². The van der Waals surface area contributed by atoms with E-state index in [1.807, 2.05) is 16.7 Å². The quantitative estimate of drug-likeness (QED) is 0.811. The van der Waals surface area contributed by atoms with E-state index in [2.05, 4.69) is 0 Å². The molecule has 102 valence electrons. The van der Waals surface area contributed by atoms with Gasteiger partial charge in [-0.3, -0.25) is 14.5 Å². The van der Waals surface area contributed by atoms with E-state index in [1.165, 1.54) is 0 Å². The van der Waals surface area contributed by atoms with Crippen molar-refractivity contribution in [2.24, 2.45) is 0 Å². The zero-order valence-electron chi connectivity index (χ0n) is 10.7. The van der Waals surface area contributed by atoms with Crippen LogP contribution < -0.4 is 0 Å². The smallest absolute Gasteiger partial charge is 0.317 e. The van der Waals surface area contributed by atoms with Gasteiger partial charge in [0.1, 0.15) is 0 Å². The Morgan fingerprint density at radius 1 is 1.28 bits per heavy atom. The third-order valence-corrected chi connectivity index (χ3v) is 5.20. The van der Waals surface area contributed by atoms with Crippen molar-refractivity contribution in [2.45, 2.75) is 24.5 Å². The second kappa shape index (κ2) is 5.48. The molecule has 2 rings (SSSR count). The molecule has 0 spiro atoms. The molecule has 0 aromatic rings. The van der Waals surface area contributed by atoms with E-state index in [1.54, 1.807) is 11.8 Å². The van der Waals surface area contributed by atoms with E-state index in [9.17, 15) is 9.59 Å². The molecule has 2 heterocycles. The molecular weight excluding hydrogens is 252 g/mol. The summed E-state index contributed by atoms with van der Waals surface area (Å²) in [5.74, 6) is 0.509. The number of hydrogen-bond donors (Lipinski definition) is 1. The van der Waals surface area contributed by atoms with Gasteiger partial charge < -0.3 is 10.0 Å². The Hall–Kier alpha value is -0.750. The third kappa shape index (κ3) is 2.98. The van der Waals surface area contributed by atoms with Gasteiger partial charge in [-0.1, -0.05) is 0 Å². The Kier molecular flexibility index (Phi) is 4.17. The minimum Gasteiger partial charge on any atom is -0.480 e. The summed E-state index contributed by atoms with van der Waals surface area (Å²) in [6.07, 6.45) is 2.08. The van der Waals surface area contributed by atoms with Crippen LogP contribution in [0.15, 0.2) is 0 Å². The maximum absolute atomic E-state index is 12.4. The number of carboxylic acid groups (broad SMARTS) is 1. The van der Waals surface area contributed by atoms with Crippen molar-refractivity contribution < 1.29 is 14.7 Å². The molecule has 0 saturated carbocycles. The summed E-state index contributed by atoms with van der Waals surface area (Å²) in [7, 11) is 0. The molecule has 0 aromatic carbocycles. The first-order chi connectivity index (χ1) is 8.51. The SMILES string of the molecule is CC1(C(=O)N2CCN(CC(=O)O)CC2)CCCS1. The molecule has 1 atom stereocenters. The Balaban J connectivity index is 1.86. The molecule has 0 aromatic heterocycles. The van der Waals surface area contributed by atoms with Gasteiger partial charge in [0.05, 0.1) is 11.3 Å². The minimum absolute atomic E-state index is 0.0774. The summed E-state index contributed by atoms with van der Waals surface area (Å²) in [6.45, 7) is 4.76. The number of hydrogen-bond acceptors (Lipinski definition) is 4. The second-order valence-electron chi connectivity index (χ2n) is 5.14. The van der Waals surface area contributed by atoms with E-state index in [-0.39, 0.29) is 17.2 Å². The molecule has 2 fully saturated rings. The van der Waals surface area contributed by atoms with Crippen molar-refractivity contribution in [2.75, 3.05) is 38.5 Å². The lowest BCUT2D eigenvalue weighted by molar-refractivity contribution is -0.139. The number of aliphatic carboxylic acids is 1. The monoisotopic (exact) mass is 272 g/mol. The van der Waals surface area contributed by atoms with E-state index < -0.39 is 5.97 Å². The van der Waals surface area contributed by atoms with E-state index in [4.69, 9.17) is 5.11 Å². The number of thioether (sulfide) groups is 1. The van der Waals surface area contributed by atoms with Gasteiger partial charge in [-0.2, -0.15) is 0 Å². The molecule has 0 bridgehead atoms. The summed E-state index contributed by atoms with van der Waals surface area (Å²) in [4.78, 5) is 26.8. The number of piperazine rings is 1. The molecule has 0 aliphatic carbocycles. The predicted octanol–water partition coefficient (Wildman–Crippen LogP) is 0.501. The van der Waals surface area contributed by atoms with Crippen LogP contribution in [0.25, 0.3) is 0 Å². The molecule has 5 nitrogen and oxygen atoms in total. The number of carbonyl (C=O) groups excluding carboxylic acids is 1. The molecule has 18 heavy (non-hydrogen) atoms. The fraction of sp³-hybridized carbons (Fsp3) is 0.833. The van der Waals surface area contributed by atoms with Crippen molar-refractivity contribution in [3.63, 3.8) is 0 Å². The van der Waals surface area contributed by atoms with Crippen LogP contribution in [-0.2, 0) is 9.59 Å². The molecule has 2 aliphatic heterocycles. The van der Waals surface area contributed by atoms with Gasteiger partial charge in [0.25, 0.3) is 0 Å². The van der Waals surface area contributed by atoms with Crippen molar-refractivity contribution in [3.8, 4) is 0 Å². The van der Waals surface area contributed by atoms with Gasteiger partial charge in [0.15, 0.2) is 0 Å². The molecule has 2 saturated heterocycles. The van der Waals surface area contributed by atoms with Gasteiger partial charge >= 0.3 is 5.97 Å². The fourth-order valence-corrected chi connectivity index (χ4v) is 3.86. The normalized spacial score (nSPS) is 29.5. The number of rotatable bonds is 3. The van der Waals surface area contributed by atoms with Crippen LogP contribution in [0.1, 0.15) is 19.8 Å². The third-order valence-electron chi connectivity index (χ3n) is 3.69. The molecule has 1 amide bonds. The van der Waals surface area contributed by atoms with E-state index in [0.29, 0.717) is 26.2 Å². The zero-order chi connectivity index (χ0) is 13.2. The van der Waals surface area contributed by atoms with Gasteiger partial charge in [0.2, 0.25) is 5.91 Å². The summed E-state index contributed by atoms with van der Waals surface area (Å²) in [5.41, 5.74) is 0. The topological polar surface area (TPSA) is 60.9 Å². The Morgan fingerprint density at radius 2 is 1.94 bits per heavy atom. The highest BCUT2D eigenvalue weighted by Gasteiger charge is 2.40. The lowest BCUT2D eigenvalue weighted by Crippen LogP contribution is -2.54. The number of carboxylic acids is 1. The van der Waals surface area contributed by atoms with Crippen LogP contribution in [0.3, 0.4) is 0 Å². The second-order valence-corrected chi connectivity index (χ2v) is 6.74. The largest absolute Gasteiger partial charge is 0.480 e. The van der Waals surface area contributed by atoms with Crippen LogP contribution >= 0.6 is 11.8 Å². The van der Waals surface area contributed by atoms with Crippen molar-refractivity contribution in [1.82, 2.24) is 9.80 Å². The van der Waals surface area contributed by atoms with Crippen molar-refractivity contribution in [3.05, 3.63) is 0 Å². The lowest BCUT2D eigenvalue weighted by atomic mass is 10.0. The summed E-state index contributed by atoms with van der Waals surface area (Å²) < 4.78 is -0.241. The van der Waals surface area contributed by atoms with Crippen LogP contribution in [0.4, 0.5) is 0 Å². The average Bonchev–Trinajstić information content (AvgIpc) is 2.77. The summed E-state index contributed by atoms with van der Waals surface area (Å²) in [6, 6.07) is 0. The van der Waals surface area contributed by atoms with Crippen LogP contribution in [0, 0.1) is 0 Å². The molecule has 6 heteroatoms. The minimum atomic E-state index is -0.798. The van der Waals surface area contributed by atoms with Gasteiger partial charge in [0, 0.05) is 26.2 Å². The van der Waals surface area contributed by atoms with E-state index >= 15 is 0 Å². The van der Waals surface area contributed by atoms with E-state index in [0.717, 1.165) is 18.6 Å². The lowest BCUT2D eigenvalue weighted by Gasteiger charge is -2.37. The number of amides is 1. The number of carbonyl (C=O) groups is 2. The molecule has 2 aliphatic rings. The maximum Gasteiger partial charge on any atom is 0.317 e. The van der Waals surface area contributed by atoms with Crippen LogP contribution in [-0.4, -0.2) is 70.0 Å². The molecule has 1 N–H and O–H groups in total. The first-order valence-corrected chi connectivity index (χ1v) is 7.37. The highest BCUT2D eigenvalue weighted by molar-refractivity contribution is 8.01. The first-order valence-electron chi connectivity index (χ1n) is 6.39. The predicted molar refractivity (Wildman–Crippen MR) is 70.8 cm³/mol. The highest BCUT2D eigenvalue weighted by Crippen LogP contribution is 2.39. The zero-order valence-corrected chi connectivity index (χ0v) is 11.5. The summed E-state index contributed by atoms with van der Waals surface area (Å²) in [5, 5.41) is 8.73. The summed E-state index contributed by atoms with van der Waals surface area (Å²) >= 11 is 1.76. The van der Waals surface area contributed by atoms with Crippen molar-refractivity contribution in [1.29, 1.82) is 0 Å². The molecule has 0 radical (unpaired) electrons. The Bertz CT molecular complexity index is 334. The van der Waals surface area contributed by atoms with Crippen LogP contribution in [0.5, 0.6) is 0 Å². The van der Waals surface area contributed by atoms with Gasteiger partial charge in [-0.15, -0.1) is 11.8 Å².